The predicted octanol–water partition coefficient (Wildman–Crippen LogP) is 2.82. The first-order valence-electron chi connectivity index (χ1n) is 9.61. The van der Waals surface area contributed by atoms with Gasteiger partial charge < -0.3 is 20.6 Å². The second kappa shape index (κ2) is 8.19. The average Bonchev–Trinajstić information content (AvgIpc) is 3.09. The Morgan fingerprint density at radius 2 is 2.00 bits per heavy atom. The van der Waals surface area contributed by atoms with Crippen LogP contribution in [0.1, 0.15) is 57.1 Å². The number of likely N-dealkylation sites (tertiary alicyclic amines) is 1. The highest BCUT2D eigenvalue weighted by molar-refractivity contribution is 5.74. The molecule has 1 aromatic rings. The molecule has 2 fully saturated rings. The summed E-state index contributed by atoms with van der Waals surface area (Å²) in [6.45, 7) is 4.03. The van der Waals surface area contributed by atoms with Crippen molar-refractivity contribution >= 4 is 6.03 Å². The van der Waals surface area contributed by atoms with Gasteiger partial charge in [-0.15, -0.1) is 0 Å². The van der Waals surface area contributed by atoms with E-state index in [9.17, 15) is 9.90 Å². The molecule has 1 saturated heterocycles. The number of urea groups is 1. The molecule has 3 rings (SSSR count). The molecule has 5 heteroatoms. The van der Waals surface area contributed by atoms with Crippen LogP contribution >= 0.6 is 0 Å². The van der Waals surface area contributed by atoms with Crippen LogP contribution in [-0.2, 0) is 0 Å². The molecule has 0 spiro atoms. The Kier molecular flexibility index (Phi) is 5.97. The van der Waals surface area contributed by atoms with Crippen molar-refractivity contribution in [3.8, 4) is 0 Å². The van der Waals surface area contributed by atoms with Gasteiger partial charge in [0, 0.05) is 31.2 Å². The number of nitrogens with zero attached hydrogens (tertiary/aromatic N) is 1. The second-order valence-electron chi connectivity index (χ2n) is 7.66. The number of aliphatic hydroxyl groups is 1. The van der Waals surface area contributed by atoms with Crippen LogP contribution in [0.3, 0.4) is 0 Å². The molecular weight excluding hydrogens is 314 g/mol. The first kappa shape index (κ1) is 18.2. The fourth-order valence-electron chi connectivity index (χ4n) is 4.20. The van der Waals surface area contributed by atoms with E-state index in [0.717, 1.165) is 32.2 Å². The zero-order valence-corrected chi connectivity index (χ0v) is 15.2. The summed E-state index contributed by atoms with van der Waals surface area (Å²) in [5, 5.41) is 16.7. The van der Waals surface area contributed by atoms with Crippen LogP contribution in [-0.4, -0.2) is 47.3 Å². The molecule has 138 valence electrons. The Morgan fingerprint density at radius 1 is 1.28 bits per heavy atom. The lowest BCUT2D eigenvalue weighted by Crippen LogP contribution is -2.55. The van der Waals surface area contributed by atoms with E-state index in [1.165, 1.54) is 18.4 Å². The Hall–Kier alpha value is -1.59. The Labute approximate surface area is 150 Å². The number of nitrogens with one attached hydrogen (secondary N) is 2. The fourth-order valence-corrected chi connectivity index (χ4v) is 4.20. The zero-order chi connectivity index (χ0) is 17.7. The van der Waals surface area contributed by atoms with Gasteiger partial charge in [-0.3, -0.25) is 0 Å². The Balaban J connectivity index is 1.58. The molecule has 5 nitrogen and oxygen atoms in total. The maximum absolute atomic E-state index is 12.5. The first-order valence-corrected chi connectivity index (χ1v) is 9.61. The summed E-state index contributed by atoms with van der Waals surface area (Å²) in [6.07, 6.45) is 5.88. The molecule has 1 aliphatic heterocycles. The smallest absolute Gasteiger partial charge is 0.317 e. The maximum atomic E-state index is 12.5. The minimum Gasteiger partial charge on any atom is -0.391 e. The van der Waals surface area contributed by atoms with Crippen molar-refractivity contribution in [1.29, 1.82) is 0 Å². The standard InChI is InChI=1S/C20H31N3O2/c1-16(17-8-3-2-4-9-17)22-20(11-5-6-12-20)15-21-19(25)23-13-7-10-18(24)14-23/h2-4,8-9,16,18,22,24H,5-7,10-15H2,1H3,(H,21,25). The maximum Gasteiger partial charge on any atom is 0.317 e. The van der Waals surface area contributed by atoms with Gasteiger partial charge >= 0.3 is 6.03 Å². The van der Waals surface area contributed by atoms with Crippen molar-refractivity contribution in [3.63, 3.8) is 0 Å². The number of amides is 2. The van der Waals surface area contributed by atoms with Gasteiger partial charge in [0.05, 0.1) is 6.10 Å². The number of rotatable bonds is 5. The van der Waals surface area contributed by atoms with Crippen molar-refractivity contribution < 1.29 is 9.90 Å². The van der Waals surface area contributed by atoms with Crippen LogP contribution in [0.2, 0.25) is 0 Å². The zero-order valence-electron chi connectivity index (χ0n) is 15.2. The molecule has 1 aliphatic carbocycles. The van der Waals surface area contributed by atoms with E-state index in [1.54, 1.807) is 4.90 Å². The SMILES string of the molecule is CC(NC1(CNC(=O)N2CCCC(O)C2)CCCC1)c1ccccc1. The predicted molar refractivity (Wildman–Crippen MR) is 99.4 cm³/mol. The van der Waals surface area contributed by atoms with Crippen molar-refractivity contribution in [2.75, 3.05) is 19.6 Å². The third-order valence-corrected chi connectivity index (χ3v) is 5.64. The molecule has 1 saturated carbocycles. The number of aliphatic hydroxyl groups excluding tert-OH is 1. The number of carbonyl (C=O) groups excluding carboxylic acids is 1. The van der Waals surface area contributed by atoms with E-state index < -0.39 is 0 Å². The molecule has 2 amide bonds. The average molecular weight is 345 g/mol. The highest BCUT2D eigenvalue weighted by atomic mass is 16.3. The van der Waals surface area contributed by atoms with E-state index in [-0.39, 0.29) is 23.7 Å². The van der Waals surface area contributed by atoms with E-state index in [1.807, 2.05) is 6.07 Å². The molecule has 0 bridgehead atoms. The van der Waals surface area contributed by atoms with Crippen LogP contribution in [0.5, 0.6) is 0 Å². The Morgan fingerprint density at radius 3 is 2.68 bits per heavy atom. The molecule has 25 heavy (non-hydrogen) atoms. The molecule has 3 N–H and O–H groups in total. The molecule has 1 aromatic carbocycles. The molecule has 0 radical (unpaired) electrons. The highest BCUT2D eigenvalue weighted by Crippen LogP contribution is 2.32. The first-order chi connectivity index (χ1) is 12.1. The molecular formula is C20H31N3O2. The van der Waals surface area contributed by atoms with Gasteiger partial charge in [0.2, 0.25) is 0 Å². The summed E-state index contributed by atoms with van der Waals surface area (Å²) in [6, 6.07) is 10.7. The Bertz CT molecular complexity index is 557. The van der Waals surface area contributed by atoms with Crippen LogP contribution < -0.4 is 10.6 Å². The van der Waals surface area contributed by atoms with E-state index in [4.69, 9.17) is 0 Å². The van der Waals surface area contributed by atoms with Gasteiger partial charge in [-0.2, -0.15) is 0 Å². The lowest BCUT2D eigenvalue weighted by molar-refractivity contribution is 0.0834. The van der Waals surface area contributed by atoms with Crippen molar-refractivity contribution in [1.82, 2.24) is 15.5 Å². The fraction of sp³-hybridized carbons (Fsp3) is 0.650. The monoisotopic (exact) mass is 345 g/mol. The number of piperidine rings is 1. The molecule has 1 heterocycles. The summed E-state index contributed by atoms with van der Waals surface area (Å²) in [5.41, 5.74) is 1.25. The third-order valence-electron chi connectivity index (χ3n) is 5.64. The molecule has 2 atom stereocenters. The van der Waals surface area contributed by atoms with Gasteiger partial charge in [-0.1, -0.05) is 43.2 Å². The molecule has 0 aromatic heterocycles. The molecule has 2 aliphatic rings. The van der Waals surface area contributed by atoms with Crippen molar-refractivity contribution in [2.24, 2.45) is 0 Å². The largest absolute Gasteiger partial charge is 0.391 e. The number of benzene rings is 1. The van der Waals surface area contributed by atoms with Gasteiger partial charge in [0.1, 0.15) is 0 Å². The van der Waals surface area contributed by atoms with Crippen molar-refractivity contribution in [2.45, 2.75) is 63.1 Å². The van der Waals surface area contributed by atoms with Crippen LogP contribution in [0, 0.1) is 0 Å². The topological polar surface area (TPSA) is 64.6 Å². The van der Waals surface area contributed by atoms with Gasteiger partial charge in [0.15, 0.2) is 0 Å². The van der Waals surface area contributed by atoms with E-state index >= 15 is 0 Å². The van der Waals surface area contributed by atoms with Crippen LogP contribution in [0.25, 0.3) is 0 Å². The lowest BCUT2D eigenvalue weighted by atomic mass is 9.94. The number of hydrogen-bond donors (Lipinski definition) is 3. The van der Waals surface area contributed by atoms with E-state index in [0.29, 0.717) is 13.1 Å². The number of hydrogen-bond acceptors (Lipinski definition) is 3. The van der Waals surface area contributed by atoms with Crippen LogP contribution in [0.15, 0.2) is 30.3 Å². The van der Waals surface area contributed by atoms with Gasteiger partial charge in [0.25, 0.3) is 0 Å². The summed E-state index contributed by atoms with van der Waals surface area (Å²) in [5.74, 6) is 0. The summed E-state index contributed by atoms with van der Waals surface area (Å²) in [4.78, 5) is 14.2. The van der Waals surface area contributed by atoms with Crippen LogP contribution in [0.4, 0.5) is 4.79 Å². The quantitative estimate of drug-likeness (QED) is 0.769. The minimum atomic E-state index is -0.379. The second-order valence-corrected chi connectivity index (χ2v) is 7.66. The third kappa shape index (κ3) is 4.73. The van der Waals surface area contributed by atoms with Gasteiger partial charge in [-0.05, 0) is 38.2 Å². The summed E-state index contributed by atoms with van der Waals surface area (Å²) >= 11 is 0. The number of carbonyl (C=O) groups is 1. The highest BCUT2D eigenvalue weighted by Gasteiger charge is 2.36. The van der Waals surface area contributed by atoms with Gasteiger partial charge in [-0.25, -0.2) is 4.79 Å². The molecule has 2 unspecified atom stereocenters. The summed E-state index contributed by atoms with van der Waals surface area (Å²) in [7, 11) is 0. The lowest BCUT2D eigenvalue weighted by Gasteiger charge is -2.36. The minimum absolute atomic E-state index is 0.0285. The summed E-state index contributed by atoms with van der Waals surface area (Å²) < 4.78 is 0. The van der Waals surface area contributed by atoms with E-state index in [2.05, 4.69) is 41.8 Å². The van der Waals surface area contributed by atoms with Crippen molar-refractivity contribution in [3.05, 3.63) is 35.9 Å². The normalized spacial score (nSPS) is 24.1. The number of β-amino-alcohol motifs (C(OH)–C–C–N with tert-alkyl or cyclic N) is 1.